The third-order valence-electron chi connectivity index (χ3n) is 9.86. The number of hydrogen-bond acceptors (Lipinski definition) is 7. The van der Waals surface area contributed by atoms with Gasteiger partial charge in [0.1, 0.15) is 11.7 Å². The predicted molar refractivity (Wildman–Crippen MR) is 198 cm³/mol. The van der Waals surface area contributed by atoms with Crippen LogP contribution in [0.4, 0.5) is 10.1 Å². The Hall–Kier alpha value is -4.65. The zero-order chi connectivity index (χ0) is 34.3. The molecule has 2 aromatic heterocycles. The summed E-state index contributed by atoms with van der Waals surface area (Å²) in [6, 6.07) is 19.8. The average molecular weight is 674 g/mol. The van der Waals surface area contributed by atoms with Crippen molar-refractivity contribution in [2.24, 2.45) is 10.9 Å². The van der Waals surface area contributed by atoms with Gasteiger partial charge < -0.3 is 10.2 Å². The van der Waals surface area contributed by atoms with Crippen LogP contribution in [0, 0.1) is 30.0 Å². The van der Waals surface area contributed by atoms with Gasteiger partial charge in [-0.2, -0.15) is 5.26 Å². The molecule has 49 heavy (non-hydrogen) atoms. The number of hydrogen-bond donors (Lipinski definition) is 1. The predicted octanol–water partition coefficient (Wildman–Crippen LogP) is 8.04. The van der Waals surface area contributed by atoms with Crippen LogP contribution < -0.4 is 10.2 Å². The summed E-state index contributed by atoms with van der Waals surface area (Å²) >= 11 is 1.69. The van der Waals surface area contributed by atoms with Gasteiger partial charge in [-0.15, -0.1) is 11.3 Å². The number of likely N-dealkylation sites (tertiary alicyclic amines) is 1. The topological polar surface area (TPSA) is 80.4 Å². The molecule has 2 aliphatic heterocycles. The van der Waals surface area contributed by atoms with Gasteiger partial charge >= 0.3 is 0 Å². The Balaban J connectivity index is 1.13. The molecule has 0 bridgehead atoms. The summed E-state index contributed by atoms with van der Waals surface area (Å²) in [4.78, 5) is 20.1. The number of aryl methyl sites for hydroxylation is 3. The molecule has 1 unspecified atom stereocenters. The molecule has 4 aromatic rings. The maximum absolute atomic E-state index is 14.4. The standard InChI is InChI=1S/C40H44FN7S/c1-5-34(48(25-35-22-44-26-49-35)39-20-32(11-9-27(39)2)36-23-45-40(43-4)28(36)3)24-47-17-15-31(16-18-47)38-8-6-7-33(46-38)14-13-30-12-10-29(21-42)19-37(30)41/h5-12,19-20,22-23,26,28,31H,13-18,24-25H2,1-4H3,(H,43,45)/b34-5-. The molecule has 1 N–H and O–H groups in total. The maximum atomic E-state index is 14.4. The first kappa shape index (κ1) is 34.2. The van der Waals surface area contributed by atoms with Crippen LogP contribution >= 0.6 is 11.3 Å². The van der Waals surface area contributed by atoms with Gasteiger partial charge in [0.25, 0.3) is 0 Å². The van der Waals surface area contributed by atoms with E-state index in [9.17, 15) is 4.39 Å². The monoisotopic (exact) mass is 673 g/mol. The van der Waals surface area contributed by atoms with E-state index in [-0.39, 0.29) is 11.7 Å². The Labute approximate surface area is 293 Å². The van der Waals surface area contributed by atoms with Crippen LogP contribution in [0.5, 0.6) is 0 Å². The number of aliphatic imine (C=N–C) groups is 1. The number of nitrogens with zero attached hydrogens (tertiary/aromatic N) is 6. The van der Waals surface area contributed by atoms with Crippen molar-refractivity contribution in [2.45, 2.75) is 58.9 Å². The van der Waals surface area contributed by atoms with Crippen LogP contribution in [0.25, 0.3) is 5.57 Å². The molecule has 252 valence electrons. The first-order valence-corrected chi connectivity index (χ1v) is 18.0. The minimum Gasteiger partial charge on any atom is -0.350 e. The third-order valence-corrected chi connectivity index (χ3v) is 10.6. The molecule has 6 rings (SSSR count). The lowest BCUT2D eigenvalue weighted by molar-refractivity contribution is 0.225. The second-order valence-electron chi connectivity index (χ2n) is 12.9. The van der Waals surface area contributed by atoms with Crippen LogP contribution in [0.3, 0.4) is 0 Å². The van der Waals surface area contributed by atoms with Crippen LogP contribution in [-0.4, -0.2) is 47.4 Å². The fraction of sp³-hybridized carbons (Fsp3) is 0.350. The Morgan fingerprint density at radius 3 is 2.69 bits per heavy atom. The van der Waals surface area contributed by atoms with Gasteiger partial charge in [-0.05, 0) is 105 Å². The van der Waals surface area contributed by atoms with E-state index in [2.05, 4.69) is 88.5 Å². The molecule has 0 spiro atoms. The first-order valence-electron chi connectivity index (χ1n) is 17.1. The Kier molecular flexibility index (Phi) is 11.0. The quantitative estimate of drug-likeness (QED) is 0.174. The molecule has 1 fully saturated rings. The highest BCUT2D eigenvalue weighted by molar-refractivity contribution is 7.09. The number of piperidine rings is 1. The van der Waals surface area contributed by atoms with Crippen LogP contribution in [-0.2, 0) is 19.4 Å². The van der Waals surface area contributed by atoms with Gasteiger partial charge in [-0.3, -0.25) is 19.9 Å². The zero-order valence-corrected chi connectivity index (χ0v) is 29.6. The van der Waals surface area contributed by atoms with Crippen molar-refractivity contribution in [2.75, 3.05) is 31.6 Å². The number of allylic oxidation sites excluding steroid dienone is 1. The summed E-state index contributed by atoms with van der Waals surface area (Å²) < 4.78 is 14.4. The van der Waals surface area contributed by atoms with Crippen LogP contribution in [0.1, 0.15) is 71.1 Å². The number of nitrogens with one attached hydrogen (secondary N) is 1. The SMILES string of the molecule is C/C=C(/CN1CCC(c2cccc(CCc3ccc(C#N)cc3F)n2)CC1)N(Cc1cncs1)c1cc(C2=CNC(=NC)C2C)ccc1C. The second kappa shape index (κ2) is 15.7. The molecule has 0 amide bonds. The molecule has 0 saturated carbocycles. The van der Waals surface area contributed by atoms with Crippen LogP contribution in [0.2, 0.25) is 0 Å². The summed E-state index contributed by atoms with van der Waals surface area (Å²) in [7, 11) is 1.84. The fourth-order valence-electron chi connectivity index (χ4n) is 6.93. The smallest absolute Gasteiger partial charge is 0.127 e. The number of benzene rings is 2. The Morgan fingerprint density at radius 1 is 1.16 bits per heavy atom. The summed E-state index contributed by atoms with van der Waals surface area (Å²) in [6.45, 7) is 10.2. The van der Waals surface area contributed by atoms with E-state index in [4.69, 9.17) is 10.2 Å². The molecule has 2 aliphatic rings. The maximum Gasteiger partial charge on any atom is 0.127 e. The molecule has 1 atom stereocenters. The van der Waals surface area contributed by atoms with Crippen molar-refractivity contribution >= 4 is 28.4 Å². The molecule has 7 nitrogen and oxygen atoms in total. The third kappa shape index (κ3) is 7.98. The normalized spacial score (nSPS) is 18.0. The first-order chi connectivity index (χ1) is 23.9. The van der Waals surface area contributed by atoms with Crippen molar-refractivity contribution in [3.63, 3.8) is 0 Å². The number of halogens is 1. The number of amidine groups is 1. The largest absolute Gasteiger partial charge is 0.350 e. The van der Waals surface area contributed by atoms with Gasteiger partial charge in [0, 0.05) is 65.5 Å². The fourth-order valence-corrected chi connectivity index (χ4v) is 7.52. The lowest BCUT2D eigenvalue weighted by Gasteiger charge is -2.36. The second-order valence-corrected chi connectivity index (χ2v) is 13.9. The number of aromatic nitrogens is 2. The van der Waals surface area contributed by atoms with Crippen molar-refractivity contribution < 1.29 is 4.39 Å². The van der Waals surface area contributed by atoms with Crippen molar-refractivity contribution in [3.8, 4) is 6.07 Å². The molecule has 2 aromatic carbocycles. The van der Waals surface area contributed by atoms with Crippen molar-refractivity contribution in [3.05, 3.63) is 129 Å². The number of rotatable bonds is 11. The van der Waals surface area contributed by atoms with Crippen molar-refractivity contribution in [1.82, 2.24) is 20.2 Å². The van der Waals surface area contributed by atoms with Gasteiger partial charge in [-0.25, -0.2) is 4.39 Å². The number of anilines is 1. The minimum atomic E-state index is -0.324. The van der Waals surface area contributed by atoms with E-state index in [1.807, 2.05) is 30.9 Å². The van der Waals surface area contributed by atoms with E-state index in [1.165, 1.54) is 39.0 Å². The summed E-state index contributed by atoms with van der Waals surface area (Å²) in [6.07, 6.45) is 9.64. The molecular weight excluding hydrogens is 630 g/mol. The summed E-state index contributed by atoms with van der Waals surface area (Å²) in [5.41, 5.74) is 11.2. The minimum absolute atomic E-state index is 0.221. The molecule has 0 radical (unpaired) electrons. The average Bonchev–Trinajstić information content (AvgIpc) is 3.79. The molecule has 1 saturated heterocycles. The number of nitriles is 1. The number of pyridine rings is 1. The van der Waals surface area contributed by atoms with Gasteiger partial charge in [0.05, 0.1) is 23.7 Å². The lowest BCUT2D eigenvalue weighted by Crippen LogP contribution is -2.38. The zero-order valence-electron chi connectivity index (χ0n) is 28.8. The molecule has 4 heterocycles. The number of thiazole rings is 1. The highest BCUT2D eigenvalue weighted by Crippen LogP contribution is 2.35. The summed E-state index contributed by atoms with van der Waals surface area (Å²) in [5, 5.41) is 12.4. The van der Waals surface area contributed by atoms with E-state index >= 15 is 0 Å². The van der Waals surface area contributed by atoms with Gasteiger partial charge in [0.2, 0.25) is 0 Å². The van der Waals surface area contributed by atoms with E-state index in [0.29, 0.717) is 29.9 Å². The van der Waals surface area contributed by atoms with Crippen LogP contribution in [0.15, 0.2) is 89.3 Å². The summed E-state index contributed by atoms with van der Waals surface area (Å²) in [5.74, 6) is 1.29. The highest BCUT2D eigenvalue weighted by atomic mass is 32.1. The molecular formula is C40H44FN7S. The highest BCUT2D eigenvalue weighted by Gasteiger charge is 2.26. The van der Waals surface area contributed by atoms with Gasteiger partial charge in [0.15, 0.2) is 0 Å². The Bertz CT molecular complexity index is 1900. The molecule has 0 aliphatic carbocycles. The van der Waals surface area contributed by atoms with E-state index < -0.39 is 0 Å². The van der Waals surface area contributed by atoms with Crippen molar-refractivity contribution in [1.29, 1.82) is 5.26 Å². The Morgan fingerprint density at radius 2 is 2.00 bits per heavy atom. The van der Waals surface area contributed by atoms with E-state index in [0.717, 1.165) is 56.2 Å². The molecule has 9 heteroatoms. The van der Waals surface area contributed by atoms with Gasteiger partial charge in [-0.1, -0.05) is 37.3 Å². The van der Waals surface area contributed by atoms with E-state index in [1.54, 1.807) is 23.5 Å². The lowest BCUT2D eigenvalue weighted by atomic mass is 9.92.